The van der Waals surface area contributed by atoms with Crippen LogP contribution in [0.1, 0.15) is 26.4 Å². The number of hydrogen-bond acceptors (Lipinski definition) is 6. The first-order valence-electron chi connectivity index (χ1n) is 11.9. The summed E-state index contributed by atoms with van der Waals surface area (Å²) in [6.45, 7) is 6.03. The maximum atomic E-state index is 14.2. The van der Waals surface area contributed by atoms with Gasteiger partial charge >= 0.3 is 0 Å². The quantitative estimate of drug-likeness (QED) is 0.421. The molecule has 8 heteroatoms. The maximum absolute atomic E-state index is 14.2. The number of carbonyl (C=O) groups excluding carboxylic acids is 1. The van der Waals surface area contributed by atoms with Gasteiger partial charge in [0, 0.05) is 39.3 Å². The van der Waals surface area contributed by atoms with Crippen molar-refractivity contribution in [2.75, 3.05) is 42.5 Å². The minimum atomic E-state index is -0.223. The molecule has 4 heterocycles. The smallest absolute Gasteiger partial charge is 0.264 e. The van der Waals surface area contributed by atoms with Crippen molar-refractivity contribution >= 4 is 39.0 Å². The number of hydrogen-bond donors (Lipinski definition) is 0. The molecule has 2 aliphatic heterocycles. The first-order chi connectivity index (χ1) is 17.1. The molecule has 2 aromatic heterocycles. The van der Waals surface area contributed by atoms with Crippen LogP contribution in [0.25, 0.3) is 10.2 Å². The van der Waals surface area contributed by atoms with Crippen molar-refractivity contribution in [1.29, 1.82) is 0 Å². The van der Waals surface area contributed by atoms with Gasteiger partial charge < -0.3 is 14.7 Å². The average molecular weight is 488 g/mol. The van der Waals surface area contributed by atoms with Gasteiger partial charge in [-0.05, 0) is 42.2 Å². The van der Waals surface area contributed by atoms with Gasteiger partial charge in [0.15, 0.2) is 0 Å². The number of thiophene rings is 1. The Kier molecular flexibility index (Phi) is 5.60. The maximum Gasteiger partial charge on any atom is 0.264 e. The van der Waals surface area contributed by atoms with E-state index in [1.165, 1.54) is 28.5 Å². The zero-order chi connectivity index (χ0) is 23.9. The number of rotatable bonds is 3. The largest absolute Gasteiger partial charge is 0.366 e. The Bertz CT molecular complexity index is 1410. The Balaban J connectivity index is 1.24. The first-order valence-corrected chi connectivity index (χ1v) is 12.8. The van der Waals surface area contributed by atoms with Crippen molar-refractivity contribution in [3.05, 3.63) is 82.2 Å². The van der Waals surface area contributed by atoms with E-state index >= 15 is 0 Å². The van der Waals surface area contributed by atoms with Crippen molar-refractivity contribution in [3.8, 4) is 0 Å². The van der Waals surface area contributed by atoms with Gasteiger partial charge in [-0.3, -0.25) is 4.79 Å². The fourth-order valence-corrected chi connectivity index (χ4v) is 6.29. The normalized spacial score (nSPS) is 16.0. The lowest BCUT2D eigenvalue weighted by Crippen LogP contribution is -2.49. The van der Waals surface area contributed by atoms with Crippen LogP contribution in [0.3, 0.4) is 0 Å². The molecule has 4 aromatic rings. The Morgan fingerprint density at radius 3 is 2.46 bits per heavy atom. The van der Waals surface area contributed by atoms with E-state index in [2.05, 4.69) is 39.1 Å². The molecule has 0 aliphatic carbocycles. The van der Waals surface area contributed by atoms with Gasteiger partial charge in [-0.2, -0.15) is 0 Å². The van der Waals surface area contributed by atoms with Crippen LogP contribution in [-0.2, 0) is 13.0 Å². The number of aryl methyl sites for hydroxylation is 1. The van der Waals surface area contributed by atoms with Gasteiger partial charge in [0.2, 0.25) is 0 Å². The van der Waals surface area contributed by atoms with E-state index < -0.39 is 0 Å². The number of amides is 1. The third kappa shape index (κ3) is 3.91. The van der Waals surface area contributed by atoms with Gasteiger partial charge in [0.05, 0.1) is 16.0 Å². The van der Waals surface area contributed by atoms with Crippen LogP contribution in [0.2, 0.25) is 0 Å². The fourth-order valence-electron chi connectivity index (χ4n) is 5.18. The molecule has 178 valence electrons. The van der Waals surface area contributed by atoms with Crippen molar-refractivity contribution < 1.29 is 9.18 Å². The fraction of sp³-hybridized carbons (Fsp3) is 0.296. The predicted molar refractivity (Wildman–Crippen MR) is 138 cm³/mol. The molecule has 2 aliphatic rings. The van der Waals surface area contributed by atoms with E-state index in [9.17, 15) is 9.18 Å². The molecule has 6 nitrogen and oxygen atoms in total. The van der Waals surface area contributed by atoms with Crippen molar-refractivity contribution in [1.82, 2.24) is 14.9 Å². The van der Waals surface area contributed by atoms with E-state index in [4.69, 9.17) is 0 Å². The molecule has 6 rings (SSSR count). The Morgan fingerprint density at radius 1 is 0.914 bits per heavy atom. The van der Waals surface area contributed by atoms with Crippen LogP contribution in [0.5, 0.6) is 0 Å². The summed E-state index contributed by atoms with van der Waals surface area (Å²) < 4.78 is 14.2. The molecule has 0 bridgehead atoms. The molecule has 2 aromatic carbocycles. The number of benzene rings is 2. The van der Waals surface area contributed by atoms with Crippen LogP contribution in [0.15, 0.2) is 54.9 Å². The Labute approximate surface area is 207 Å². The predicted octanol–water partition coefficient (Wildman–Crippen LogP) is 4.66. The summed E-state index contributed by atoms with van der Waals surface area (Å²) in [6, 6.07) is 15.4. The third-order valence-electron chi connectivity index (χ3n) is 7.09. The van der Waals surface area contributed by atoms with Gasteiger partial charge in [0.25, 0.3) is 5.91 Å². The lowest BCUT2D eigenvalue weighted by Gasteiger charge is -2.36. The molecule has 0 unspecified atom stereocenters. The van der Waals surface area contributed by atoms with Crippen LogP contribution in [0, 0.1) is 12.7 Å². The van der Waals surface area contributed by atoms with E-state index in [1.807, 2.05) is 22.8 Å². The molecule has 0 radical (unpaired) electrons. The summed E-state index contributed by atoms with van der Waals surface area (Å²) >= 11 is 1.45. The topological polar surface area (TPSA) is 52.6 Å². The minimum Gasteiger partial charge on any atom is -0.366 e. The Hall–Kier alpha value is -3.52. The zero-order valence-corrected chi connectivity index (χ0v) is 20.4. The second-order valence-corrected chi connectivity index (χ2v) is 10.1. The summed E-state index contributed by atoms with van der Waals surface area (Å²) in [5.74, 6) is 0.703. The Morgan fingerprint density at radius 2 is 1.66 bits per heavy atom. The van der Waals surface area contributed by atoms with E-state index in [-0.39, 0.29) is 11.7 Å². The van der Waals surface area contributed by atoms with Crippen LogP contribution < -0.4 is 9.80 Å². The molecule has 35 heavy (non-hydrogen) atoms. The summed E-state index contributed by atoms with van der Waals surface area (Å²) in [7, 11) is 0. The number of carbonyl (C=O) groups is 1. The summed E-state index contributed by atoms with van der Waals surface area (Å²) in [4.78, 5) is 30.5. The standard InChI is InChI=1S/C27H26FN5OS/c1-18-23-25(33-11-10-19-6-2-3-7-20(19)16-33)29-17-30-26(23)35-24(18)27(34)32-14-12-31(13-15-32)22-9-5-4-8-21(22)28/h2-9,17H,10-16H2,1H3. The first kappa shape index (κ1) is 22.0. The molecule has 0 atom stereocenters. The lowest BCUT2D eigenvalue weighted by atomic mass is 9.99. The van der Waals surface area contributed by atoms with E-state index in [1.54, 1.807) is 18.5 Å². The van der Waals surface area contributed by atoms with E-state index in [0.29, 0.717) is 31.9 Å². The summed E-state index contributed by atoms with van der Waals surface area (Å²) in [5.41, 5.74) is 4.26. The molecule has 1 saturated heterocycles. The third-order valence-corrected chi connectivity index (χ3v) is 8.28. The van der Waals surface area contributed by atoms with Gasteiger partial charge in [-0.25, -0.2) is 14.4 Å². The average Bonchev–Trinajstić information content (AvgIpc) is 3.25. The highest BCUT2D eigenvalue weighted by atomic mass is 32.1. The highest BCUT2D eigenvalue weighted by molar-refractivity contribution is 7.20. The highest BCUT2D eigenvalue weighted by Gasteiger charge is 2.29. The van der Waals surface area contributed by atoms with E-state index in [0.717, 1.165) is 46.0 Å². The number of nitrogens with zero attached hydrogens (tertiary/aromatic N) is 5. The number of para-hydroxylation sites is 1. The molecule has 1 fully saturated rings. The molecular formula is C27H26FN5OS. The van der Waals surface area contributed by atoms with Gasteiger partial charge in [0.1, 0.15) is 22.8 Å². The molecular weight excluding hydrogens is 461 g/mol. The van der Waals surface area contributed by atoms with Gasteiger partial charge in [-0.15, -0.1) is 11.3 Å². The lowest BCUT2D eigenvalue weighted by molar-refractivity contribution is 0.0751. The number of anilines is 2. The molecule has 0 spiro atoms. The number of piperazine rings is 1. The minimum absolute atomic E-state index is 0.0219. The number of fused-ring (bicyclic) bond motifs is 2. The second kappa shape index (κ2) is 8.92. The number of halogens is 1. The van der Waals surface area contributed by atoms with Crippen molar-refractivity contribution in [2.45, 2.75) is 19.9 Å². The monoisotopic (exact) mass is 487 g/mol. The van der Waals surface area contributed by atoms with Gasteiger partial charge in [-0.1, -0.05) is 36.4 Å². The second-order valence-electron chi connectivity index (χ2n) is 9.10. The zero-order valence-electron chi connectivity index (χ0n) is 19.6. The van der Waals surface area contributed by atoms with Crippen LogP contribution in [-0.4, -0.2) is 53.5 Å². The number of aromatic nitrogens is 2. The SMILES string of the molecule is Cc1c(C(=O)N2CCN(c3ccccc3F)CC2)sc2ncnc(N3CCc4ccccc4C3)c12. The van der Waals surface area contributed by atoms with Crippen molar-refractivity contribution in [3.63, 3.8) is 0 Å². The molecule has 0 saturated carbocycles. The molecule has 1 amide bonds. The summed E-state index contributed by atoms with van der Waals surface area (Å²) in [6.07, 6.45) is 2.58. The van der Waals surface area contributed by atoms with Crippen LogP contribution in [0.4, 0.5) is 15.9 Å². The van der Waals surface area contributed by atoms with Crippen LogP contribution >= 0.6 is 11.3 Å². The summed E-state index contributed by atoms with van der Waals surface area (Å²) in [5, 5.41) is 0.977. The molecule has 0 N–H and O–H groups in total. The highest BCUT2D eigenvalue weighted by Crippen LogP contribution is 2.37. The van der Waals surface area contributed by atoms with Crippen molar-refractivity contribution in [2.24, 2.45) is 0 Å².